The molecule has 13 aromatic rings. The Morgan fingerprint density at radius 2 is 1.25 bits per heavy atom. The monoisotopic (exact) mass is 836 g/mol. The average molecular weight is 837 g/mol. The summed E-state index contributed by atoms with van der Waals surface area (Å²) in [7, 11) is 0. The summed E-state index contributed by atoms with van der Waals surface area (Å²) in [6.45, 7) is 0. The molecule has 0 radical (unpaired) electrons. The van der Waals surface area contributed by atoms with Crippen molar-refractivity contribution in [1.29, 1.82) is 0 Å². The van der Waals surface area contributed by atoms with Gasteiger partial charge in [-0.25, -0.2) is 9.97 Å². The van der Waals surface area contributed by atoms with Gasteiger partial charge in [-0.3, -0.25) is 4.57 Å². The highest BCUT2D eigenvalue weighted by atomic mass is 32.1. The maximum atomic E-state index is 6.26. The van der Waals surface area contributed by atoms with Crippen LogP contribution in [0.1, 0.15) is 17.7 Å². The zero-order valence-corrected chi connectivity index (χ0v) is 35.3. The second kappa shape index (κ2) is 13.7. The summed E-state index contributed by atoms with van der Waals surface area (Å²) in [4.78, 5) is 12.0. The van der Waals surface area contributed by atoms with E-state index in [2.05, 4.69) is 197 Å². The lowest BCUT2D eigenvalue weighted by molar-refractivity contribution is 0.669. The van der Waals surface area contributed by atoms with Crippen molar-refractivity contribution in [2.75, 3.05) is 0 Å². The molecule has 5 aromatic heterocycles. The van der Waals surface area contributed by atoms with E-state index in [1.54, 1.807) is 11.3 Å². The van der Waals surface area contributed by atoms with Crippen molar-refractivity contribution in [2.45, 2.75) is 12.8 Å². The summed E-state index contributed by atoms with van der Waals surface area (Å²) in [5, 5.41) is 8.31. The van der Waals surface area contributed by atoms with Crippen molar-refractivity contribution in [2.24, 2.45) is 0 Å². The molecule has 1 aliphatic carbocycles. The Labute approximate surface area is 371 Å². The van der Waals surface area contributed by atoms with Gasteiger partial charge in [0.1, 0.15) is 11.2 Å². The van der Waals surface area contributed by atoms with E-state index in [1.807, 2.05) is 6.07 Å². The summed E-state index contributed by atoms with van der Waals surface area (Å²) in [5.74, 6) is 0.659. The molecule has 0 amide bonds. The van der Waals surface area contributed by atoms with Crippen LogP contribution in [0, 0.1) is 0 Å². The molecule has 0 bridgehead atoms. The number of benzene rings is 8. The van der Waals surface area contributed by atoms with E-state index in [0.717, 1.165) is 78.5 Å². The first-order valence-corrected chi connectivity index (χ1v) is 22.7. The van der Waals surface area contributed by atoms with E-state index >= 15 is 0 Å². The second-order valence-electron chi connectivity index (χ2n) is 16.8. The van der Waals surface area contributed by atoms with Gasteiger partial charge in [-0.1, -0.05) is 140 Å². The molecule has 5 heterocycles. The van der Waals surface area contributed by atoms with Gasteiger partial charge in [0.15, 0.2) is 0 Å². The Bertz CT molecular complexity index is 4070. The van der Waals surface area contributed by atoms with Crippen molar-refractivity contribution in [3.8, 4) is 44.5 Å². The number of thiophene rings is 1. The van der Waals surface area contributed by atoms with E-state index in [4.69, 9.17) is 14.4 Å². The molecule has 0 N–H and O–H groups in total. The third-order valence-corrected chi connectivity index (χ3v) is 14.4. The van der Waals surface area contributed by atoms with E-state index in [0.29, 0.717) is 5.95 Å². The fraction of sp³-hybridized carbons (Fsp3) is 0.0345. The van der Waals surface area contributed by atoms with Crippen molar-refractivity contribution in [3.63, 3.8) is 0 Å². The third-order valence-electron chi connectivity index (χ3n) is 13.2. The molecule has 300 valence electrons. The van der Waals surface area contributed by atoms with E-state index in [-0.39, 0.29) is 0 Å². The molecule has 1 aliphatic rings. The molecule has 64 heavy (non-hydrogen) atoms. The van der Waals surface area contributed by atoms with E-state index in [1.165, 1.54) is 59.7 Å². The molecule has 0 fully saturated rings. The topological polar surface area (TPSA) is 48.8 Å². The lowest BCUT2D eigenvalue weighted by atomic mass is 9.98. The van der Waals surface area contributed by atoms with Gasteiger partial charge in [0.2, 0.25) is 5.95 Å². The van der Waals surface area contributed by atoms with Crippen LogP contribution in [0.4, 0.5) is 0 Å². The van der Waals surface area contributed by atoms with Gasteiger partial charge in [0.25, 0.3) is 0 Å². The van der Waals surface area contributed by atoms with Crippen molar-refractivity contribution >= 4 is 93.0 Å². The highest BCUT2D eigenvalue weighted by Gasteiger charge is 2.23. The maximum Gasteiger partial charge on any atom is 0.235 e. The first kappa shape index (κ1) is 35.5. The fourth-order valence-corrected chi connectivity index (χ4v) is 11.4. The molecule has 14 rings (SSSR count). The van der Waals surface area contributed by atoms with Crippen LogP contribution in [-0.2, 0) is 6.42 Å². The van der Waals surface area contributed by atoms with Gasteiger partial charge < -0.3 is 8.98 Å². The number of rotatable bonds is 5. The van der Waals surface area contributed by atoms with Crippen LogP contribution in [0.25, 0.3) is 126 Å². The number of fused-ring (bicyclic) bond motifs is 12. The molecule has 0 saturated heterocycles. The third kappa shape index (κ3) is 5.30. The number of furan rings is 1. The Hall–Kier alpha value is -8.06. The number of aromatic nitrogens is 4. The van der Waals surface area contributed by atoms with E-state index < -0.39 is 0 Å². The smallest absolute Gasteiger partial charge is 0.235 e. The van der Waals surface area contributed by atoms with Gasteiger partial charge in [0, 0.05) is 54.3 Å². The lowest BCUT2D eigenvalue weighted by Gasteiger charge is -2.14. The Morgan fingerprint density at radius 1 is 0.500 bits per heavy atom. The molecule has 6 heteroatoms. The quantitative estimate of drug-likeness (QED) is 0.173. The number of para-hydroxylation sites is 1. The standard InChI is InChI=1S/C58H36N4OS/c1-3-14-36(15-4-1)54-34-47-57(64-54)56(37-16-5-2-6-17-37)60-58(59-47)62-49-28-25-38(31-46(49)55-41-18-8-7-13-35(41)24-29-50(55)62)39-23-27-43-42-19-9-11-21-48(42)61(51(43)32-39)40-26-30-53-45(33-40)44-20-10-12-22-52(44)63-53/h1-10,12-20,22-34H,11,21H2. The molecule has 0 spiro atoms. The minimum Gasteiger partial charge on any atom is -0.456 e. The number of hydrogen-bond acceptors (Lipinski definition) is 4. The van der Waals surface area contributed by atoms with Crippen molar-refractivity contribution in [1.82, 2.24) is 19.1 Å². The van der Waals surface area contributed by atoms with Crippen molar-refractivity contribution in [3.05, 3.63) is 199 Å². The predicted octanol–water partition coefficient (Wildman–Crippen LogP) is 15.7. The Balaban J connectivity index is 0.992. The highest BCUT2D eigenvalue weighted by molar-refractivity contribution is 7.22. The molecule has 0 saturated carbocycles. The summed E-state index contributed by atoms with van der Waals surface area (Å²) in [6, 6.07) is 65.4. The summed E-state index contributed by atoms with van der Waals surface area (Å²) >= 11 is 1.75. The number of allylic oxidation sites excluding steroid dienone is 1. The molecule has 0 aliphatic heterocycles. The minimum absolute atomic E-state index is 0.659. The number of hydrogen-bond donors (Lipinski definition) is 0. The number of nitrogens with zero attached hydrogens (tertiary/aromatic N) is 4. The van der Waals surface area contributed by atoms with Gasteiger partial charge in [0.05, 0.1) is 32.5 Å². The molecule has 0 atom stereocenters. The molecule has 5 nitrogen and oxygen atoms in total. The largest absolute Gasteiger partial charge is 0.456 e. The van der Waals surface area contributed by atoms with Crippen LogP contribution in [0.2, 0.25) is 0 Å². The average Bonchev–Trinajstić information content (AvgIpc) is 4.13. The highest BCUT2D eigenvalue weighted by Crippen LogP contribution is 2.43. The van der Waals surface area contributed by atoms with Crippen LogP contribution in [0.3, 0.4) is 0 Å². The van der Waals surface area contributed by atoms with Crippen molar-refractivity contribution < 1.29 is 4.42 Å². The molecule has 0 unspecified atom stereocenters. The Kier molecular flexibility index (Phi) is 7.62. The van der Waals surface area contributed by atoms with Gasteiger partial charge in [-0.15, -0.1) is 11.3 Å². The zero-order chi connectivity index (χ0) is 41.9. The summed E-state index contributed by atoms with van der Waals surface area (Å²) < 4.78 is 12.1. The van der Waals surface area contributed by atoms with Crippen LogP contribution in [0.15, 0.2) is 192 Å². The van der Waals surface area contributed by atoms with Gasteiger partial charge in [-0.2, -0.15) is 0 Å². The minimum atomic E-state index is 0.659. The van der Waals surface area contributed by atoms with Crippen LogP contribution >= 0.6 is 11.3 Å². The second-order valence-corrected chi connectivity index (χ2v) is 17.9. The Morgan fingerprint density at radius 3 is 2.14 bits per heavy atom. The lowest BCUT2D eigenvalue weighted by Crippen LogP contribution is -2.03. The van der Waals surface area contributed by atoms with Gasteiger partial charge in [-0.05, 0) is 94.9 Å². The fourth-order valence-electron chi connectivity index (χ4n) is 10.3. The zero-order valence-electron chi connectivity index (χ0n) is 34.5. The SMILES string of the molecule is C1=Cc2c(n(-c3ccc4oc5ccccc5c4c3)c3cc(-c4ccc5c(c4)c4c6ccccc6ccc4n5-c4nc(-c5ccccc5)c5sc(-c6ccccc6)cc5n4)ccc23)CC1. The molecular weight excluding hydrogens is 801 g/mol. The van der Waals surface area contributed by atoms with Crippen LogP contribution < -0.4 is 0 Å². The van der Waals surface area contributed by atoms with Crippen LogP contribution in [-0.4, -0.2) is 19.1 Å². The summed E-state index contributed by atoms with van der Waals surface area (Å²) in [5.41, 5.74) is 15.4. The normalized spacial score (nSPS) is 12.8. The summed E-state index contributed by atoms with van der Waals surface area (Å²) in [6.07, 6.45) is 6.63. The van der Waals surface area contributed by atoms with E-state index in [9.17, 15) is 0 Å². The van der Waals surface area contributed by atoms with Gasteiger partial charge >= 0.3 is 0 Å². The van der Waals surface area contributed by atoms with Crippen LogP contribution in [0.5, 0.6) is 0 Å². The first-order chi connectivity index (χ1) is 31.7. The predicted molar refractivity (Wildman–Crippen MR) is 267 cm³/mol. The molecular formula is C58H36N4OS. The molecule has 8 aromatic carbocycles. The first-order valence-electron chi connectivity index (χ1n) is 21.9. The maximum absolute atomic E-state index is 6.26.